The Bertz CT molecular complexity index is 2750. The highest BCUT2D eigenvalue weighted by Gasteiger charge is 2.32. The Morgan fingerprint density at radius 2 is 1.76 bits per heavy atom. The molecule has 9 nitrogen and oxygen atoms in total. The number of nitrogens with zero attached hydrogens (tertiary/aromatic N) is 6. The van der Waals surface area contributed by atoms with Crippen LogP contribution in [0.25, 0.3) is 44.4 Å². The first-order chi connectivity index (χ1) is 34.3. The van der Waals surface area contributed by atoms with Crippen molar-refractivity contribution in [1.82, 2.24) is 40.0 Å². The Hall–Kier alpha value is -5.19. The predicted molar refractivity (Wildman–Crippen MR) is 310 cm³/mol. The summed E-state index contributed by atoms with van der Waals surface area (Å²) >= 11 is 0. The van der Waals surface area contributed by atoms with Gasteiger partial charge >= 0.3 is 0 Å². The quantitative estimate of drug-likeness (QED) is 0.0531. The van der Waals surface area contributed by atoms with Crippen molar-refractivity contribution in [2.45, 2.75) is 164 Å². The molecule has 1 amide bonds. The summed E-state index contributed by atoms with van der Waals surface area (Å²) in [6.07, 6.45) is 17.3. The fraction of sp³-hybridized carbons (Fsp3) is 0.516. The van der Waals surface area contributed by atoms with Crippen molar-refractivity contribution in [2.24, 2.45) is 17.3 Å². The molecule has 2 saturated heterocycles. The molecule has 7 rings (SSSR count). The van der Waals surface area contributed by atoms with E-state index in [1.165, 1.54) is 68.8 Å². The van der Waals surface area contributed by atoms with Gasteiger partial charge < -0.3 is 19.8 Å². The third-order valence-corrected chi connectivity index (χ3v) is 17.3. The van der Waals surface area contributed by atoms with Crippen LogP contribution >= 0.6 is 10.5 Å². The third kappa shape index (κ3) is 12.9. The van der Waals surface area contributed by atoms with Crippen molar-refractivity contribution in [2.75, 3.05) is 25.1 Å². The summed E-state index contributed by atoms with van der Waals surface area (Å²) in [5.41, 5.74) is 18.9. The molecule has 2 aromatic carbocycles. The summed E-state index contributed by atoms with van der Waals surface area (Å²) in [6.45, 7) is 38.0. The van der Waals surface area contributed by atoms with Gasteiger partial charge in [-0.15, -0.1) is 6.58 Å². The van der Waals surface area contributed by atoms with Crippen LogP contribution in [-0.2, 0) is 30.7 Å². The largest absolute Gasteiger partial charge is 0.369 e. The second-order valence-corrected chi connectivity index (χ2v) is 24.8. The van der Waals surface area contributed by atoms with Crippen molar-refractivity contribution < 1.29 is 4.79 Å². The Labute approximate surface area is 436 Å². The van der Waals surface area contributed by atoms with Gasteiger partial charge in [-0.3, -0.25) is 14.5 Å². The Morgan fingerprint density at radius 1 is 1.01 bits per heavy atom. The fourth-order valence-electron chi connectivity index (χ4n) is 11.2. The molecule has 3 aromatic heterocycles. The standard InChI is InChI=1S/C62H88N8OS/c1-16-44(9)58-54(35-51(37-63-58)52-38-64-68(40-52)39-47-24-28-72(15)29-25-47)60-55(36-62(12,13)26-23-41(4)5)53-34-49(21-22-57(53)69(60)18-3)50-31-43(8)30-48(32-50)33-56(46(11)70-27-19-20-45(10)66-70)65-61(71)59(42(6)7)67(14)17-2/h17,21-22,30-32,34-35,37-38,40,42,44-45,47,56,59,66H,2,4,11,15-16,18-20,23-29,33,36,39H2,1,3,5-10,12-14H3,(H,65,71). The van der Waals surface area contributed by atoms with E-state index in [1.54, 1.807) is 6.20 Å². The average molecular weight is 994 g/mol. The van der Waals surface area contributed by atoms with E-state index in [9.17, 15) is 4.79 Å². The molecule has 0 bridgehead atoms. The number of aryl methyl sites for hydroxylation is 2. The van der Waals surface area contributed by atoms with Crippen LogP contribution < -0.4 is 10.7 Å². The number of pyridine rings is 1. The third-order valence-electron chi connectivity index (χ3n) is 15.7. The van der Waals surface area contributed by atoms with Crippen molar-refractivity contribution in [3.63, 3.8) is 0 Å². The van der Waals surface area contributed by atoms with Gasteiger partial charge in [0.1, 0.15) is 6.04 Å². The lowest BCUT2D eigenvalue weighted by atomic mass is 9.79. The van der Waals surface area contributed by atoms with Crippen molar-refractivity contribution in [1.29, 1.82) is 0 Å². The zero-order chi connectivity index (χ0) is 52.0. The molecule has 5 aromatic rings. The van der Waals surface area contributed by atoms with E-state index in [0.717, 1.165) is 91.8 Å². The molecule has 0 aliphatic carbocycles. The average Bonchev–Trinajstić information content (AvgIpc) is 3.94. The van der Waals surface area contributed by atoms with Crippen LogP contribution in [0.1, 0.15) is 136 Å². The molecule has 4 atom stereocenters. The van der Waals surface area contributed by atoms with Gasteiger partial charge in [0.05, 0.1) is 23.6 Å². The lowest BCUT2D eigenvalue weighted by Gasteiger charge is -2.39. The second-order valence-electron chi connectivity index (χ2n) is 22.8. The van der Waals surface area contributed by atoms with Gasteiger partial charge in [-0.25, -0.2) is 5.43 Å². The van der Waals surface area contributed by atoms with E-state index < -0.39 is 0 Å². The highest BCUT2D eigenvalue weighted by Crippen LogP contribution is 2.44. The Morgan fingerprint density at radius 3 is 2.43 bits per heavy atom. The Kier molecular flexibility index (Phi) is 18.0. The molecule has 4 unspecified atom stereocenters. The number of hydrazine groups is 1. The van der Waals surface area contributed by atoms with Gasteiger partial charge in [-0.2, -0.15) is 15.6 Å². The maximum absolute atomic E-state index is 14.2. The van der Waals surface area contributed by atoms with E-state index in [4.69, 9.17) is 10.1 Å². The molecule has 72 heavy (non-hydrogen) atoms. The number of aromatic nitrogens is 4. The minimum absolute atomic E-state index is 0.00115. The summed E-state index contributed by atoms with van der Waals surface area (Å²) in [5.74, 6) is 7.81. The summed E-state index contributed by atoms with van der Waals surface area (Å²) in [6, 6.07) is 16.1. The van der Waals surface area contributed by atoms with Crippen LogP contribution in [0.4, 0.5) is 0 Å². The van der Waals surface area contributed by atoms with E-state index in [2.05, 4.69) is 175 Å². The minimum atomic E-state index is -0.358. The first-order valence-electron chi connectivity index (χ1n) is 27.1. The lowest BCUT2D eigenvalue weighted by molar-refractivity contribution is -0.127. The number of hydrogen-bond donors (Lipinski definition) is 2. The number of benzene rings is 2. The van der Waals surface area contributed by atoms with Gasteiger partial charge in [-0.1, -0.05) is 96.0 Å². The van der Waals surface area contributed by atoms with Crippen LogP contribution in [-0.4, -0.2) is 84.2 Å². The summed E-state index contributed by atoms with van der Waals surface area (Å²) < 4.78 is 4.72. The van der Waals surface area contributed by atoms with E-state index in [1.807, 2.05) is 18.1 Å². The second kappa shape index (κ2) is 23.8. The normalized spacial score (nSPS) is 18.8. The monoisotopic (exact) mass is 993 g/mol. The number of allylic oxidation sites excluding steroid dienone is 1. The molecule has 5 heterocycles. The number of amides is 1. The minimum Gasteiger partial charge on any atom is -0.369 e. The maximum Gasteiger partial charge on any atom is 0.243 e. The van der Waals surface area contributed by atoms with Gasteiger partial charge in [0.2, 0.25) is 5.91 Å². The zero-order valence-corrected chi connectivity index (χ0v) is 46.9. The highest BCUT2D eigenvalue weighted by atomic mass is 32.2. The number of carbonyl (C=O) groups is 1. The molecule has 10 heteroatoms. The van der Waals surface area contributed by atoms with Gasteiger partial charge in [0, 0.05) is 78.4 Å². The number of hydrogen-bond acceptors (Lipinski definition) is 6. The number of rotatable bonds is 22. The van der Waals surface area contributed by atoms with Crippen LogP contribution in [0, 0.1) is 24.2 Å². The number of carbonyl (C=O) groups excluding carboxylic acids is 1. The molecule has 2 fully saturated rings. The molecule has 2 aliphatic rings. The van der Waals surface area contributed by atoms with Crippen LogP contribution in [0.5, 0.6) is 0 Å². The fourth-order valence-corrected chi connectivity index (χ4v) is 12.8. The summed E-state index contributed by atoms with van der Waals surface area (Å²) in [5, 5.41) is 11.8. The van der Waals surface area contributed by atoms with Gasteiger partial charge in [-0.05, 0) is 167 Å². The summed E-state index contributed by atoms with van der Waals surface area (Å²) in [7, 11) is 2.25. The lowest BCUT2D eigenvalue weighted by Crippen LogP contribution is -2.55. The molecular weight excluding hydrogens is 905 g/mol. The predicted octanol–water partition coefficient (Wildman–Crippen LogP) is 13.7. The first kappa shape index (κ1) is 54.6. The van der Waals surface area contributed by atoms with Gasteiger partial charge in [0.25, 0.3) is 0 Å². The Balaban J connectivity index is 1.33. The zero-order valence-electron chi connectivity index (χ0n) is 46.0. The number of nitrogens with one attached hydrogen (secondary N) is 2. The molecule has 0 saturated carbocycles. The molecule has 2 N–H and O–H groups in total. The highest BCUT2D eigenvalue weighted by molar-refractivity contribution is 8.14. The molecule has 2 aliphatic heterocycles. The number of likely N-dealkylation sites (N-methyl/N-ethyl adjacent to an activating group) is 1. The van der Waals surface area contributed by atoms with E-state index in [0.29, 0.717) is 28.9 Å². The van der Waals surface area contributed by atoms with Crippen molar-refractivity contribution in [3.8, 4) is 33.5 Å². The smallest absolute Gasteiger partial charge is 0.243 e. The SMILES string of the molecule is C=CN(C)C(C(=O)NC(Cc1cc(C)cc(-c2ccc3c(c2)c(CC(C)(C)CCC(=C)C)c(-c2cc(-c4cnn(CC5CCS(=C)CC5)c4)cnc2C(C)CC)n3CC)c1)C(=C)N1CCCC(C)N1)C(C)C. The van der Waals surface area contributed by atoms with Crippen molar-refractivity contribution >= 4 is 33.2 Å². The topological polar surface area (TPSA) is 83.2 Å². The van der Waals surface area contributed by atoms with Gasteiger partial charge in [0.15, 0.2) is 0 Å². The van der Waals surface area contributed by atoms with Crippen LogP contribution in [0.15, 0.2) is 98.3 Å². The molecule has 0 spiro atoms. The molecule has 0 radical (unpaired) electrons. The van der Waals surface area contributed by atoms with Crippen molar-refractivity contribution in [3.05, 3.63) is 121 Å². The van der Waals surface area contributed by atoms with Crippen LogP contribution in [0.3, 0.4) is 0 Å². The molecule has 388 valence electrons. The summed E-state index contributed by atoms with van der Waals surface area (Å²) in [4.78, 5) is 21.5. The maximum atomic E-state index is 14.2. The van der Waals surface area contributed by atoms with E-state index in [-0.39, 0.29) is 35.2 Å². The number of fused-ring (bicyclic) bond motifs is 1. The molecular formula is C62H88N8OS. The first-order valence-corrected chi connectivity index (χ1v) is 28.8. The van der Waals surface area contributed by atoms with Crippen LogP contribution in [0.2, 0.25) is 0 Å². The van der Waals surface area contributed by atoms with E-state index >= 15 is 0 Å².